The highest BCUT2D eigenvalue weighted by molar-refractivity contribution is 5.70. The van der Waals surface area contributed by atoms with Crippen molar-refractivity contribution in [1.29, 1.82) is 0 Å². The van der Waals surface area contributed by atoms with E-state index in [0.29, 0.717) is 12.8 Å². The molecule has 0 aromatic carbocycles. The van der Waals surface area contributed by atoms with Crippen molar-refractivity contribution in [3.8, 4) is 0 Å². The third kappa shape index (κ3) is 10.2. The second-order valence-electron chi connectivity index (χ2n) is 5.14. The highest BCUT2D eigenvalue weighted by atomic mass is 16.5. The zero-order valence-electron chi connectivity index (χ0n) is 12.5. The van der Waals surface area contributed by atoms with E-state index < -0.39 is 30.7 Å². The number of esters is 1. The maximum Gasteiger partial charge on any atom is 0.308 e. The molecule has 0 radical (unpaired) electrons. The van der Waals surface area contributed by atoms with Crippen molar-refractivity contribution in [2.75, 3.05) is 0 Å². The van der Waals surface area contributed by atoms with E-state index in [1.165, 1.54) is 0 Å². The molecule has 4 atom stereocenters. The summed E-state index contributed by atoms with van der Waals surface area (Å²) in [7, 11) is 0. The first-order chi connectivity index (χ1) is 9.78. The van der Waals surface area contributed by atoms with E-state index in [1.54, 1.807) is 6.92 Å². The summed E-state index contributed by atoms with van der Waals surface area (Å²) in [4.78, 5) is 20.6. The number of aliphatic hydroxyl groups is 3. The third-order valence-corrected chi connectivity index (χ3v) is 3.11. The Morgan fingerprint density at radius 1 is 1.38 bits per heavy atom. The van der Waals surface area contributed by atoms with Crippen LogP contribution in [0.5, 0.6) is 0 Å². The summed E-state index contributed by atoms with van der Waals surface area (Å²) in [6.45, 7) is 3.70. The summed E-state index contributed by atoms with van der Waals surface area (Å²) in [5.41, 5.74) is 0. The maximum absolute atomic E-state index is 10.7. The topological polar surface area (TPSA) is 127 Å². The van der Waals surface area contributed by atoms with Gasteiger partial charge in [-0.15, -0.1) is 0 Å². The number of aliphatic carboxylic acids is 1. The molecule has 1 aliphatic rings. The quantitative estimate of drug-likeness (QED) is 0.543. The number of ether oxygens (including phenoxy) is 1. The Hall–Kier alpha value is -1.18. The smallest absolute Gasteiger partial charge is 0.308 e. The van der Waals surface area contributed by atoms with Crippen LogP contribution >= 0.6 is 0 Å². The van der Waals surface area contributed by atoms with E-state index in [1.807, 2.05) is 6.92 Å². The molecule has 1 rings (SSSR count). The minimum absolute atomic E-state index is 0.0590. The van der Waals surface area contributed by atoms with Gasteiger partial charge in [0.25, 0.3) is 0 Å². The molecule has 0 bridgehead atoms. The van der Waals surface area contributed by atoms with Gasteiger partial charge in [-0.1, -0.05) is 13.8 Å². The average molecular weight is 305 g/mol. The molecule has 0 spiro atoms. The van der Waals surface area contributed by atoms with Crippen LogP contribution < -0.4 is 5.11 Å². The molecular weight excluding hydrogens is 280 g/mol. The van der Waals surface area contributed by atoms with Crippen molar-refractivity contribution >= 4 is 11.9 Å². The minimum atomic E-state index is -1.29. The molecule has 1 aliphatic heterocycles. The Labute approximate surface area is 124 Å². The number of carboxylic acids is 1. The Morgan fingerprint density at radius 3 is 2.43 bits per heavy atom. The Kier molecular flexibility index (Phi) is 9.94. The van der Waals surface area contributed by atoms with Gasteiger partial charge in [-0.3, -0.25) is 4.79 Å². The Morgan fingerprint density at radius 2 is 2.00 bits per heavy atom. The number of carbonyl (C=O) groups excluding carboxylic acids is 2. The Balaban J connectivity index is 0.000000382. The molecule has 0 aromatic rings. The molecule has 0 amide bonds. The van der Waals surface area contributed by atoms with Crippen LogP contribution in [0.25, 0.3) is 0 Å². The van der Waals surface area contributed by atoms with E-state index in [4.69, 9.17) is 20.1 Å². The van der Waals surface area contributed by atoms with Crippen LogP contribution in [0.3, 0.4) is 0 Å². The van der Waals surface area contributed by atoms with Crippen LogP contribution in [-0.2, 0) is 14.3 Å². The highest BCUT2D eigenvalue weighted by Gasteiger charge is 2.25. The molecule has 21 heavy (non-hydrogen) atoms. The fourth-order valence-electron chi connectivity index (χ4n) is 1.87. The van der Waals surface area contributed by atoms with Gasteiger partial charge in [0, 0.05) is 18.8 Å². The number of carbonyl (C=O) groups is 2. The predicted molar refractivity (Wildman–Crippen MR) is 72.0 cm³/mol. The summed E-state index contributed by atoms with van der Waals surface area (Å²) in [5.74, 6) is -1.56. The number of carboxylic acid groups (broad SMARTS) is 1. The molecule has 0 saturated carbocycles. The molecular formula is C14H25O7-. The lowest BCUT2D eigenvalue weighted by atomic mass is 10.0. The minimum Gasteiger partial charge on any atom is -0.550 e. The lowest BCUT2D eigenvalue weighted by molar-refractivity contribution is -0.307. The summed E-state index contributed by atoms with van der Waals surface area (Å²) < 4.78 is 4.91. The lowest BCUT2D eigenvalue weighted by Gasteiger charge is -2.24. The lowest BCUT2D eigenvalue weighted by Crippen LogP contribution is -2.31. The van der Waals surface area contributed by atoms with Gasteiger partial charge < -0.3 is 30.0 Å². The SMILES string of the molecule is CCC(O)CC(O)CC(=O)[O-].CCC1CC(O)CC(=O)O1. The second-order valence-corrected chi connectivity index (χ2v) is 5.14. The van der Waals surface area contributed by atoms with Crippen LogP contribution in [-0.4, -0.2) is 51.7 Å². The summed E-state index contributed by atoms with van der Waals surface area (Å²) in [6.07, 6.45) is -0.380. The highest BCUT2D eigenvalue weighted by Crippen LogP contribution is 2.16. The number of cyclic esters (lactones) is 1. The molecule has 1 saturated heterocycles. The molecule has 0 aliphatic carbocycles. The van der Waals surface area contributed by atoms with Crippen LogP contribution in [0.1, 0.15) is 52.4 Å². The van der Waals surface area contributed by atoms with Gasteiger partial charge in [-0.05, 0) is 19.3 Å². The average Bonchev–Trinajstić information content (AvgIpc) is 2.37. The first-order valence-electron chi connectivity index (χ1n) is 7.21. The molecule has 1 heterocycles. The van der Waals surface area contributed by atoms with E-state index in [0.717, 1.165) is 6.42 Å². The van der Waals surface area contributed by atoms with E-state index >= 15 is 0 Å². The standard InChI is InChI=1S/C7H14O4.C7H12O3/c1-2-5(8)3-6(9)4-7(10)11;1-2-6-3-5(8)4-7(9)10-6/h5-6,8-9H,2-4H2,1H3,(H,10,11);5-6,8H,2-4H2,1H3/p-1. The fourth-order valence-corrected chi connectivity index (χ4v) is 1.87. The van der Waals surface area contributed by atoms with Crippen molar-refractivity contribution in [3.05, 3.63) is 0 Å². The van der Waals surface area contributed by atoms with Gasteiger partial charge in [0.05, 0.1) is 24.7 Å². The number of rotatable bonds is 6. The first-order valence-corrected chi connectivity index (χ1v) is 7.21. The molecule has 3 N–H and O–H groups in total. The van der Waals surface area contributed by atoms with Crippen molar-refractivity contribution in [3.63, 3.8) is 0 Å². The van der Waals surface area contributed by atoms with Crippen LogP contribution in [0, 0.1) is 0 Å². The zero-order chi connectivity index (χ0) is 16.4. The van der Waals surface area contributed by atoms with Crippen molar-refractivity contribution in [2.24, 2.45) is 0 Å². The van der Waals surface area contributed by atoms with Gasteiger partial charge in [-0.25, -0.2) is 0 Å². The van der Waals surface area contributed by atoms with E-state index in [2.05, 4.69) is 0 Å². The molecule has 1 fully saturated rings. The van der Waals surface area contributed by atoms with Crippen LogP contribution in [0.2, 0.25) is 0 Å². The van der Waals surface area contributed by atoms with Gasteiger partial charge in [0.2, 0.25) is 0 Å². The first kappa shape index (κ1) is 19.8. The monoisotopic (exact) mass is 305 g/mol. The van der Waals surface area contributed by atoms with Crippen molar-refractivity contribution < 1.29 is 34.8 Å². The number of hydrogen-bond acceptors (Lipinski definition) is 7. The van der Waals surface area contributed by atoms with E-state index in [9.17, 15) is 14.7 Å². The second kappa shape index (κ2) is 10.5. The molecule has 7 nitrogen and oxygen atoms in total. The van der Waals surface area contributed by atoms with Gasteiger partial charge >= 0.3 is 5.97 Å². The van der Waals surface area contributed by atoms with Gasteiger partial charge in [0.15, 0.2) is 0 Å². The van der Waals surface area contributed by atoms with Gasteiger partial charge in [-0.2, -0.15) is 0 Å². The summed E-state index contributed by atoms with van der Waals surface area (Å²) >= 11 is 0. The number of aliphatic hydroxyl groups excluding tert-OH is 3. The van der Waals surface area contributed by atoms with Gasteiger partial charge in [0.1, 0.15) is 6.10 Å². The summed E-state index contributed by atoms with van der Waals surface area (Å²) in [5, 5.41) is 36.9. The number of hydrogen-bond donors (Lipinski definition) is 3. The molecule has 7 heteroatoms. The normalized spacial score (nSPS) is 24.3. The Bertz CT molecular complexity index is 318. The van der Waals surface area contributed by atoms with Crippen molar-refractivity contribution in [1.82, 2.24) is 0 Å². The van der Waals surface area contributed by atoms with Crippen LogP contribution in [0.4, 0.5) is 0 Å². The summed E-state index contributed by atoms with van der Waals surface area (Å²) in [6, 6.07) is 0. The van der Waals surface area contributed by atoms with Crippen LogP contribution in [0.15, 0.2) is 0 Å². The predicted octanol–water partition coefficient (Wildman–Crippen LogP) is -0.889. The zero-order valence-corrected chi connectivity index (χ0v) is 12.5. The molecule has 124 valence electrons. The third-order valence-electron chi connectivity index (χ3n) is 3.11. The fraction of sp³-hybridized carbons (Fsp3) is 0.857. The van der Waals surface area contributed by atoms with Crippen molar-refractivity contribution in [2.45, 2.75) is 76.8 Å². The van der Waals surface area contributed by atoms with E-state index in [-0.39, 0.29) is 24.9 Å². The molecule has 0 aromatic heterocycles. The largest absolute Gasteiger partial charge is 0.550 e. The maximum atomic E-state index is 10.7. The molecule has 4 unspecified atom stereocenters.